The predicted molar refractivity (Wildman–Crippen MR) is 67.7 cm³/mol. The number of carbonyl (C=O) groups is 1. The number of carbonyl (C=O) groups excluding carboxylic acids is 1. The average Bonchev–Trinajstić information content (AvgIpc) is 2.34. The summed E-state index contributed by atoms with van der Waals surface area (Å²) in [6.07, 6.45) is 0. The Bertz CT molecular complexity index is 591. The maximum atomic E-state index is 13.1. The SMILES string of the molecule is CC(=O)c1cc(F)ccc1Oc1ccccc1C. The Morgan fingerprint density at radius 2 is 1.83 bits per heavy atom. The largest absolute Gasteiger partial charge is 0.456 e. The molecule has 0 N–H and O–H groups in total. The van der Waals surface area contributed by atoms with Gasteiger partial charge in [-0.25, -0.2) is 4.39 Å². The summed E-state index contributed by atoms with van der Waals surface area (Å²) in [6, 6.07) is 11.4. The maximum Gasteiger partial charge on any atom is 0.163 e. The molecule has 0 aliphatic heterocycles. The van der Waals surface area contributed by atoms with Crippen molar-refractivity contribution in [3.8, 4) is 11.5 Å². The van der Waals surface area contributed by atoms with Crippen molar-refractivity contribution in [1.29, 1.82) is 0 Å². The molecule has 0 aliphatic carbocycles. The molecule has 2 aromatic carbocycles. The zero-order valence-electron chi connectivity index (χ0n) is 10.2. The molecule has 0 bridgehead atoms. The fraction of sp³-hybridized carbons (Fsp3) is 0.133. The summed E-state index contributed by atoms with van der Waals surface area (Å²) < 4.78 is 18.8. The van der Waals surface area contributed by atoms with Gasteiger partial charge in [0.25, 0.3) is 0 Å². The molecule has 0 amide bonds. The first-order valence-electron chi connectivity index (χ1n) is 5.62. The first-order valence-corrected chi connectivity index (χ1v) is 5.62. The highest BCUT2D eigenvalue weighted by atomic mass is 19.1. The van der Waals surface area contributed by atoms with Crippen molar-refractivity contribution in [3.63, 3.8) is 0 Å². The lowest BCUT2D eigenvalue weighted by molar-refractivity contribution is 0.101. The molecule has 0 fully saturated rings. The van der Waals surface area contributed by atoms with Crippen LogP contribution in [0.2, 0.25) is 0 Å². The van der Waals surface area contributed by atoms with Gasteiger partial charge in [-0.05, 0) is 43.7 Å². The summed E-state index contributed by atoms with van der Waals surface area (Å²) in [4.78, 5) is 11.4. The third-order valence-electron chi connectivity index (χ3n) is 2.63. The topological polar surface area (TPSA) is 26.3 Å². The summed E-state index contributed by atoms with van der Waals surface area (Å²) in [7, 11) is 0. The van der Waals surface area contributed by atoms with Gasteiger partial charge in [-0.2, -0.15) is 0 Å². The van der Waals surface area contributed by atoms with E-state index in [9.17, 15) is 9.18 Å². The molecular formula is C15H13FO2. The van der Waals surface area contributed by atoms with Crippen LogP contribution in [0.5, 0.6) is 11.5 Å². The van der Waals surface area contributed by atoms with Crippen LogP contribution in [0.3, 0.4) is 0 Å². The highest BCUT2D eigenvalue weighted by Crippen LogP contribution is 2.28. The monoisotopic (exact) mass is 244 g/mol. The molecule has 0 saturated carbocycles. The Kier molecular flexibility index (Phi) is 3.42. The summed E-state index contributed by atoms with van der Waals surface area (Å²) in [5, 5.41) is 0. The molecule has 0 atom stereocenters. The first kappa shape index (κ1) is 12.3. The molecule has 2 rings (SSSR count). The molecule has 0 radical (unpaired) electrons. The standard InChI is InChI=1S/C15H13FO2/c1-10-5-3-4-6-14(10)18-15-8-7-12(16)9-13(15)11(2)17/h3-9H,1-2H3. The minimum atomic E-state index is -0.447. The van der Waals surface area contributed by atoms with Crippen molar-refractivity contribution >= 4 is 5.78 Å². The molecule has 2 aromatic rings. The summed E-state index contributed by atoms with van der Waals surface area (Å²) in [5.74, 6) is 0.361. The quantitative estimate of drug-likeness (QED) is 0.759. The second-order valence-corrected chi connectivity index (χ2v) is 4.06. The van der Waals surface area contributed by atoms with Crippen LogP contribution >= 0.6 is 0 Å². The summed E-state index contributed by atoms with van der Waals surface area (Å²) >= 11 is 0. The molecule has 0 unspecified atom stereocenters. The number of halogens is 1. The zero-order chi connectivity index (χ0) is 13.1. The third kappa shape index (κ3) is 2.56. The van der Waals surface area contributed by atoms with E-state index < -0.39 is 5.82 Å². The van der Waals surface area contributed by atoms with Crippen molar-refractivity contribution in [3.05, 3.63) is 59.4 Å². The van der Waals surface area contributed by atoms with E-state index in [1.54, 1.807) is 0 Å². The van der Waals surface area contributed by atoms with E-state index in [2.05, 4.69) is 0 Å². The van der Waals surface area contributed by atoms with Crippen LogP contribution in [-0.2, 0) is 0 Å². The fourth-order valence-electron chi connectivity index (χ4n) is 1.66. The number of para-hydroxylation sites is 1. The second kappa shape index (κ2) is 5.00. The van der Waals surface area contributed by atoms with Crippen LogP contribution in [0.25, 0.3) is 0 Å². The smallest absolute Gasteiger partial charge is 0.163 e. The predicted octanol–water partition coefficient (Wildman–Crippen LogP) is 4.13. The number of hydrogen-bond donors (Lipinski definition) is 0. The van der Waals surface area contributed by atoms with Gasteiger partial charge in [0, 0.05) is 0 Å². The molecule has 0 aliphatic rings. The third-order valence-corrected chi connectivity index (χ3v) is 2.63. The van der Waals surface area contributed by atoms with Crippen molar-refractivity contribution in [2.45, 2.75) is 13.8 Å². The van der Waals surface area contributed by atoms with Gasteiger partial charge in [0.2, 0.25) is 0 Å². The Balaban J connectivity index is 2.41. The van der Waals surface area contributed by atoms with E-state index in [1.165, 1.54) is 25.1 Å². The number of rotatable bonds is 3. The Morgan fingerprint density at radius 3 is 2.50 bits per heavy atom. The van der Waals surface area contributed by atoms with Gasteiger partial charge in [0.1, 0.15) is 17.3 Å². The Morgan fingerprint density at radius 1 is 1.11 bits per heavy atom. The van der Waals surface area contributed by atoms with E-state index in [-0.39, 0.29) is 11.3 Å². The molecule has 18 heavy (non-hydrogen) atoms. The van der Waals surface area contributed by atoms with E-state index in [0.717, 1.165) is 5.56 Å². The van der Waals surface area contributed by atoms with Crippen molar-refractivity contribution in [1.82, 2.24) is 0 Å². The molecule has 0 heterocycles. The highest BCUT2D eigenvalue weighted by Gasteiger charge is 2.11. The first-order chi connectivity index (χ1) is 8.58. The van der Waals surface area contributed by atoms with Crippen molar-refractivity contribution in [2.24, 2.45) is 0 Å². The number of aryl methyl sites for hydroxylation is 1. The van der Waals surface area contributed by atoms with E-state index in [1.807, 2.05) is 31.2 Å². The van der Waals surface area contributed by atoms with E-state index in [0.29, 0.717) is 11.5 Å². The van der Waals surface area contributed by atoms with Crippen LogP contribution in [0.15, 0.2) is 42.5 Å². The summed E-state index contributed by atoms with van der Waals surface area (Å²) in [5.41, 5.74) is 1.20. The lowest BCUT2D eigenvalue weighted by atomic mass is 10.1. The van der Waals surface area contributed by atoms with Crippen LogP contribution in [0.1, 0.15) is 22.8 Å². The number of Topliss-reactive ketones (excluding diaryl/α,β-unsaturated/α-hetero) is 1. The lowest BCUT2D eigenvalue weighted by Gasteiger charge is -2.11. The number of ether oxygens (including phenoxy) is 1. The van der Waals surface area contributed by atoms with E-state index >= 15 is 0 Å². The fourth-order valence-corrected chi connectivity index (χ4v) is 1.66. The van der Waals surface area contributed by atoms with Crippen molar-refractivity contribution < 1.29 is 13.9 Å². The van der Waals surface area contributed by atoms with Gasteiger partial charge in [0.05, 0.1) is 5.56 Å². The maximum absolute atomic E-state index is 13.1. The van der Waals surface area contributed by atoms with Gasteiger partial charge in [-0.1, -0.05) is 18.2 Å². The van der Waals surface area contributed by atoms with Crippen LogP contribution in [0.4, 0.5) is 4.39 Å². The van der Waals surface area contributed by atoms with Gasteiger partial charge in [-0.15, -0.1) is 0 Å². The molecule has 0 spiro atoms. The molecular weight excluding hydrogens is 231 g/mol. The molecule has 3 heteroatoms. The van der Waals surface area contributed by atoms with Crippen LogP contribution in [0, 0.1) is 12.7 Å². The Hall–Kier alpha value is -2.16. The van der Waals surface area contributed by atoms with Gasteiger partial charge in [0.15, 0.2) is 5.78 Å². The highest BCUT2D eigenvalue weighted by molar-refractivity contribution is 5.96. The minimum Gasteiger partial charge on any atom is -0.456 e. The number of benzene rings is 2. The second-order valence-electron chi connectivity index (χ2n) is 4.06. The summed E-state index contributed by atoms with van der Waals surface area (Å²) in [6.45, 7) is 3.30. The zero-order valence-corrected chi connectivity index (χ0v) is 10.2. The van der Waals surface area contributed by atoms with Gasteiger partial charge < -0.3 is 4.74 Å². The molecule has 2 nitrogen and oxygen atoms in total. The van der Waals surface area contributed by atoms with Crippen LogP contribution < -0.4 is 4.74 Å². The lowest BCUT2D eigenvalue weighted by Crippen LogP contribution is -1.98. The van der Waals surface area contributed by atoms with Crippen molar-refractivity contribution in [2.75, 3.05) is 0 Å². The molecule has 0 saturated heterocycles. The van der Waals surface area contributed by atoms with Crippen LogP contribution in [-0.4, -0.2) is 5.78 Å². The molecule has 92 valence electrons. The normalized spacial score (nSPS) is 10.2. The molecule has 0 aromatic heterocycles. The number of hydrogen-bond acceptors (Lipinski definition) is 2. The van der Waals surface area contributed by atoms with E-state index in [4.69, 9.17) is 4.74 Å². The van der Waals surface area contributed by atoms with Gasteiger partial charge >= 0.3 is 0 Å². The minimum absolute atomic E-state index is 0.224. The average molecular weight is 244 g/mol. The Labute approximate surface area is 105 Å². The van der Waals surface area contributed by atoms with Gasteiger partial charge in [-0.3, -0.25) is 4.79 Å². The number of ketones is 1.